The van der Waals surface area contributed by atoms with Gasteiger partial charge in [-0.25, -0.2) is 10.3 Å². The van der Waals surface area contributed by atoms with Crippen molar-refractivity contribution in [1.82, 2.24) is 10.8 Å². The maximum atomic E-state index is 9.94. The highest BCUT2D eigenvalue weighted by Gasteiger charge is 1.92. The zero-order chi connectivity index (χ0) is 8.53. The Bertz CT molecular complexity index is 108. The molecule has 0 aliphatic heterocycles. The van der Waals surface area contributed by atoms with Gasteiger partial charge >= 0.3 is 6.09 Å². The highest BCUT2D eigenvalue weighted by Crippen LogP contribution is 1.83. The highest BCUT2D eigenvalue weighted by molar-refractivity contribution is 5.64. The summed E-state index contributed by atoms with van der Waals surface area (Å²) < 4.78 is 0. The van der Waals surface area contributed by atoms with Crippen LogP contribution in [0.2, 0.25) is 0 Å². The SMILES string of the molecule is CONCCCCNC(=O)O. The van der Waals surface area contributed by atoms with Crippen molar-refractivity contribution in [2.75, 3.05) is 20.2 Å². The molecule has 5 nitrogen and oxygen atoms in total. The molecular formula is C6H14N2O3. The third kappa shape index (κ3) is 9.19. The zero-order valence-corrected chi connectivity index (χ0v) is 6.59. The first-order valence-corrected chi connectivity index (χ1v) is 3.50. The minimum Gasteiger partial charge on any atom is -0.465 e. The van der Waals surface area contributed by atoms with Gasteiger partial charge in [0, 0.05) is 13.1 Å². The van der Waals surface area contributed by atoms with Crippen LogP contribution in [0.25, 0.3) is 0 Å². The Balaban J connectivity index is 2.85. The van der Waals surface area contributed by atoms with Crippen LogP contribution < -0.4 is 10.8 Å². The van der Waals surface area contributed by atoms with E-state index in [0.717, 1.165) is 19.4 Å². The Labute approximate surface area is 65.7 Å². The van der Waals surface area contributed by atoms with E-state index in [1.165, 1.54) is 0 Å². The lowest BCUT2D eigenvalue weighted by atomic mass is 10.3. The van der Waals surface area contributed by atoms with E-state index >= 15 is 0 Å². The Hall–Kier alpha value is -0.810. The van der Waals surface area contributed by atoms with Crippen LogP contribution in [0.1, 0.15) is 12.8 Å². The molecule has 0 aliphatic rings. The van der Waals surface area contributed by atoms with E-state index in [9.17, 15) is 4.79 Å². The van der Waals surface area contributed by atoms with Crippen LogP contribution in [0.3, 0.4) is 0 Å². The predicted octanol–water partition coefficient (Wildman–Crippen LogP) is 0.185. The van der Waals surface area contributed by atoms with Crippen LogP contribution >= 0.6 is 0 Å². The average Bonchev–Trinajstić information content (AvgIpc) is 1.96. The standard InChI is InChI=1S/C6H14N2O3/c1-11-8-5-3-2-4-7-6(9)10/h7-8H,2-5H2,1H3,(H,9,10). The number of rotatable bonds is 6. The van der Waals surface area contributed by atoms with Crippen molar-refractivity contribution in [3.05, 3.63) is 0 Å². The van der Waals surface area contributed by atoms with E-state index < -0.39 is 6.09 Å². The van der Waals surface area contributed by atoms with Gasteiger partial charge in [0.05, 0.1) is 7.11 Å². The van der Waals surface area contributed by atoms with Crippen molar-refractivity contribution in [1.29, 1.82) is 0 Å². The molecule has 0 saturated carbocycles. The Morgan fingerprint density at radius 2 is 2.09 bits per heavy atom. The summed E-state index contributed by atoms with van der Waals surface area (Å²) in [6.45, 7) is 1.25. The van der Waals surface area contributed by atoms with Crippen molar-refractivity contribution >= 4 is 6.09 Å². The molecule has 0 aromatic rings. The number of hydrogen-bond acceptors (Lipinski definition) is 3. The summed E-state index contributed by atoms with van der Waals surface area (Å²) in [5, 5.41) is 10.4. The summed E-state index contributed by atoms with van der Waals surface area (Å²) in [6, 6.07) is 0. The van der Waals surface area contributed by atoms with E-state index in [0.29, 0.717) is 6.54 Å². The number of carbonyl (C=O) groups is 1. The summed E-state index contributed by atoms with van der Waals surface area (Å²) in [5.41, 5.74) is 2.66. The molecule has 0 aromatic carbocycles. The lowest BCUT2D eigenvalue weighted by Crippen LogP contribution is -2.23. The fourth-order valence-electron chi connectivity index (χ4n) is 0.620. The van der Waals surface area contributed by atoms with Gasteiger partial charge in [-0.3, -0.25) is 0 Å². The van der Waals surface area contributed by atoms with Gasteiger partial charge in [-0.2, -0.15) is 0 Å². The molecule has 1 amide bonds. The molecule has 0 aliphatic carbocycles. The molecule has 11 heavy (non-hydrogen) atoms. The Morgan fingerprint density at radius 1 is 1.45 bits per heavy atom. The lowest BCUT2D eigenvalue weighted by Gasteiger charge is -2.01. The lowest BCUT2D eigenvalue weighted by molar-refractivity contribution is 0.0906. The van der Waals surface area contributed by atoms with E-state index in [4.69, 9.17) is 5.11 Å². The quantitative estimate of drug-likeness (QED) is 0.385. The second-order valence-corrected chi connectivity index (χ2v) is 2.04. The molecular weight excluding hydrogens is 148 g/mol. The second kappa shape index (κ2) is 7.30. The summed E-state index contributed by atoms with van der Waals surface area (Å²) in [5.74, 6) is 0. The first-order chi connectivity index (χ1) is 5.27. The zero-order valence-electron chi connectivity index (χ0n) is 6.59. The molecule has 66 valence electrons. The average molecular weight is 162 g/mol. The molecule has 0 unspecified atom stereocenters. The Morgan fingerprint density at radius 3 is 2.64 bits per heavy atom. The summed E-state index contributed by atoms with van der Waals surface area (Å²) >= 11 is 0. The van der Waals surface area contributed by atoms with Crippen molar-refractivity contribution in [2.45, 2.75) is 12.8 Å². The van der Waals surface area contributed by atoms with Gasteiger partial charge in [-0.15, -0.1) is 0 Å². The molecule has 5 heteroatoms. The molecule has 0 heterocycles. The molecule has 0 atom stereocenters. The fourth-order valence-corrected chi connectivity index (χ4v) is 0.620. The maximum Gasteiger partial charge on any atom is 0.404 e. The van der Waals surface area contributed by atoms with Crippen LogP contribution in [0, 0.1) is 0 Å². The van der Waals surface area contributed by atoms with Crippen LogP contribution in [-0.4, -0.2) is 31.4 Å². The van der Waals surface area contributed by atoms with Crippen molar-refractivity contribution in [3.8, 4) is 0 Å². The summed E-state index contributed by atoms with van der Waals surface area (Å²) in [7, 11) is 1.55. The number of amides is 1. The largest absolute Gasteiger partial charge is 0.465 e. The van der Waals surface area contributed by atoms with Gasteiger partial charge in [-0.1, -0.05) is 0 Å². The normalized spacial score (nSPS) is 9.55. The first-order valence-electron chi connectivity index (χ1n) is 3.50. The van der Waals surface area contributed by atoms with Crippen LogP contribution in [-0.2, 0) is 4.84 Å². The van der Waals surface area contributed by atoms with Gasteiger partial charge in [0.2, 0.25) is 0 Å². The highest BCUT2D eigenvalue weighted by atomic mass is 16.6. The molecule has 0 radical (unpaired) electrons. The molecule has 3 N–H and O–H groups in total. The smallest absolute Gasteiger partial charge is 0.404 e. The third-order valence-corrected chi connectivity index (χ3v) is 1.13. The summed E-state index contributed by atoms with van der Waals surface area (Å²) in [4.78, 5) is 14.5. The van der Waals surface area contributed by atoms with Gasteiger partial charge in [0.1, 0.15) is 0 Å². The third-order valence-electron chi connectivity index (χ3n) is 1.13. The molecule has 0 spiro atoms. The van der Waals surface area contributed by atoms with Gasteiger partial charge in [0.25, 0.3) is 0 Å². The van der Waals surface area contributed by atoms with Crippen LogP contribution in [0.5, 0.6) is 0 Å². The van der Waals surface area contributed by atoms with Crippen molar-refractivity contribution in [2.24, 2.45) is 0 Å². The topological polar surface area (TPSA) is 70.6 Å². The van der Waals surface area contributed by atoms with E-state index in [1.54, 1.807) is 7.11 Å². The molecule has 0 aromatic heterocycles. The minimum atomic E-state index is -0.968. The Kier molecular flexibility index (Phi) is 6.76. The molecule has 0 fully saturated rings. The number of hydroxylamine groups is 1. The summed E-state index contributed by atoms with van der Waals surface area (Å²) in [6.07, 6.45) is 0.751. The predicted molar refractivity (Wildman–Crippen MR) is 40.3 cm³/mol. The second-order valence-electron chi connectivity index (χ2n) is 2.04. The molecule has 0 bridgehead atoms. The van der Waals surface area contributed by atoms with Gasteiger partial charge in [0.15, 0.2) is 0 Å². The monoisotopic (exact) mass is 162 g/mol. The van der Waals surface area contributed by atoms with Gasteiger partial charge < -0.3 is 15.3 Å². The molecule has 0 rings (SSSR count). The fraction of sp³-hybridized carbons (Fsp3) is 0.833. The van der Waals surface area contributed by atoms with Gasteiger partial charge in [-0.05, 0) is 12.8 Å². The molecule has 0 saturated heterocycles. The van der Waals surface area contributed by atoms with E-state index in [2.05, 4.69) is 15.6 Å². The van der Waals surface area contributed by atoms with Crippen molar-refractivity contribution in [3.63, 3.8) is 0 Å². The number of hydrogen-bond donors (Lipinski definition) is 3. The van der Waals surface area contributed by atoms with Crippen LogP contribution in [0.4, 0.5) is 4.79 Å². The number of carboxylic acid groups (broad SMARTS) is 1. The van der Waals surface area contributed by atoms with Crippen molar-refractivity contribution < 1.29 is 14.7 Å². The van der Waals surface area contributed by atoms with Crippen LogP contribution in [0.15, 0.2) is 0 Å². The van der Waals surface area contributed by atoms with E-state index in [-0.39, 0.29) is 0 Å². The maximum absolute atomic E-state index is 9.94. The minimum absolute atomic E-state index is 0.501. The first kappa shape index (κ1) is 10.2. The number of unbranched alkanes of at least 4 members (excludes halogenated alkanes) is 1. The number of nitrogens with one attached hydrogen (secondary N) is 2. The van der Waals surface area contributed by atoms with E-state index in [1.807, 2.05) is 0 Å².